The molecule has 0 amide bonds. The summed E-state index contributed by atoms with van der Waals surface area (Å²) in [5.74, 6) is 0.464. The number of hydrogen-bond acceptors (Lipinski definition) is 2. The highest BCUT2D eigenvalue weighted by molar-refractivity contribution is 14.0. The molecule has 0 aromatic carbocycles. The molecule has 0 saturated carbocycles. The van der Waals surface area contributed by atoms with E-state index >= 15 is 0 Å². The van der Waals surface area contributed by atoms with E-state index in [1.165, 1.54) is 0 Å². The molecule has 0 fully saturated rings. The number of rotatable bonds is 2. The van der Waals surface area contributed by atoms with Gasteiger partial charge in [0.2, 0.25) is 0 Å². The molecule has 0 saturated heterocycles. The van der Waals surface area contributed by atoms with E-state index in [1.807, 2.05) is 34.0 Å². The SMILES string of the molecule is Cn1cc(CN=C(N)NC(C)(C)C)cn1.I. The van der Waals surface area contributed by atoms with Gasteiger partial charge in [-0.25, -0.2) is 4.99 Å². The van der Waals surface area contributed by atoms with Gasteiger partial charge in [0.25, 0.3) is 0 Å². The number of aromatic nitrogens is 2. The van der Waals surface area contributed by atoms with Gasteiger partial charge in [-0.3, -0.25) is 4.68 Å². The largest absolute Gasteiger partial charge is 0.370 e. The summed E-state index contributed by atoms with van der Waals surface area (Å²) in [6, 6.07) is 0. The highest BCUT2D eigenvalue weighted by Gasteiger charge is 2.09. The monoisotopic (exact) mass is 337 g/mol. The minimum atomic E-state index is -0.0531. The number of halogens is 1. The van der Waals surface area contributed by atoms with Crippen LogP contribution in [0.5, 0.6) is 0 Å². The van der Waals surface area contributed by atoms with Crippen molar-refractivity contribution in [1.29, 1.82) is 0 Å². The van der Waals surface area contributed by atoms with Crippen LogP contribution in [0.1, 0.15) is 26.3 Å². The van der Waals surface area contributed by atoms with Gasteiger partial charge < -0.3 is 11.1 Å². The van der Waals surface area contributed by atoms with Crippen LogP contribution in [0.2, 0.25) is 0 Å². The molecule has 0 spiro atoms. The molecule has 1 aromatic rings. The van der Waals surface area contributed by atoms with Crippen molar-refractivity contribution >= 4 is 29.9 Å². The van der Waals surface area contributed by atoms with Gasteiger partial charge in [0, 0.05) is 24.3 Å². The Hall–Kier alpha value is -0.790. The normalized spacial score (nSPS) is 12.1. The van der Waals surface area contributed by atoms with Gasteiger partial charge in [-0.1, -0.05) is 0 Å². The summed E-state index contributed by atoms with van der Waals surface area (Å²) in [6.45, 7) is 6.68. The predicted molar refractivity (Wildman–Crippen MR) is 76.8 cm³/mol. The summed E-state index contributed by atoms with van der Waals surface area (Å²) < 4.78 is 1.75. The van der Waals surface area contributed by atoms with Crippen molar-refractivity contribution in [3.63, 3.8) is 0 Å². The molecule has 1 rings (SSSR count). The van der Waals surface area contributed by atoms with Crippen molar-refractivity contribution < 1.29 is 0 Å². The molecule has 0 unspecified atom stereocenters. The lowest BCUT2D eigenvalue weighted by Gasteiger charge is -2.20. The number of nitrogens with one attached hydrogen (secondary N) is 1. The summed E-state index contributed by atoms with van der Waals surface area (Å²) in [5, 5.41) is 7.15. The van der Waals surface area contributed by atoms with E-state index in [0.717, 1.165) is 5.56 Å². The third-order valence-electron chi connectivity index (χ3n) is 1.69. The Balaban J connectivity index is 0.00000225. The summed E-state index contributed by atoms with van der Waals surface area (Å²) in [7, 11) is 1.88. The van der Waals surface area contributed by atoms with Crippen LogP contribution in [-0.2, 0) is 13.6 Å². The quantitative estimate of drug-likeness (QED) is 0.485. The summed E-state index contributed by atoms with van der Waals surface area (Å²) >= 11 is 0. The third-order valence-corrected chi connectivity index (χ3v) is 1.69. The first-order chi connectivity index (χ1) is 6.87. The van der Waals surface area contributed by atoms with Crippen molar-refractivity contribution in [1.82, 2.24) is 15.1 Å². The van der Waals surface area contributed by atoms with Crippen molar-refractivity contribution in [2.45, 2.75) is 32.9 Å². The zero-order valence-electron chi connectivity index (χ0n) is 10.2. The van der Waals surface area contributed by atoms with Gasteiger partial charge >= 0.3 is 0 Å². The second-order valence-corrected chi connectivity index (χ2v) is 4.60. The minimum absolute atomic E-state index is 0. The van der Waals surface area contributed by atoms with Crippen LogP contribution in [0.15, 0.2) is 17.4 Å². The number of nitrogens with two attached hydrogens (primary N) is 1. The zero-order chi connectivity index (χ0) is 11.5. The van der Waals surface area contributed by atoms with Crippen LogP contribution in [0.3, 0.4) is 0 Å². The average molecular weight is 337 g/mol. The molecule has 92 valence electrons. The Morgan fingerprint density at radius 2 is 2.19 bits per heavy atom. The van der Waals surface area contributed by atoms with Crippen LogP contribution < -0.4 is 11.1 Å². The molecule has 0 aliphatic rings. The molecule has 0 bridgehead atoms. The fourth-order valence-corrected chi connectivity index (χ4v) is 1.15. The predicted octanol–water partition coefficient (Wildman–Crippen LogP) is 1.24. The van der Waals surface area contributed by atoms with E-state index in [9.17, 15) is 0 Å². The lowest BCUT2D eigenvalue weighted by molar-refractivity contribution is 0.508. The van der Waals surface area contributed by atoms with Crippen LogP contribution in [0, 0.1) is 0 Å². The van der Waals surface area contributed by atoms with Crippen molar-refractivity contribution in [3.05, 3.63) is 18.0 Å². The number of aryl methyl sites for hydroxylation is 1. The fourth-order valence-electron chi connectivity index (χ4n) is 1.15. The van der Waals surface area contributed by atoms with Gasteiger partial charge in [0.15, 0.2) is 5.96 Å². The molecule has 1 heterocycles. The molecule has 0 atom stereocenters. The first-order valence-corrected chi connectivity index (χ1v) is 4.92. The molecule has 16 heavy (non-hydrogen) atoms. The average Bonchev–Trinajstić information content (AvgIpc) is 2.45. The summed E-state index contributed by atoms with van der Waals surface area (Å²) in [4.78, 5) is 4.22. The lowest BCUT2D eigenvalue weighted by Crippen LogP contribution is -2.44. The smallest absolute Gasteiger partial charge is 0.189 e. The number of nitrogens with zero attached hydrogens (tertiary/aromatic N) is 3. The van der Waals surface area contributed by atoms with Crippen molar-refractivity contribution in [2.75, 3.05) is 0 Å². The molecule has 0 radical (unpaired) electrons. The van der Waals surface area contributed by atoms with E-state index in [2.05, 4.69) is 15.4 Å². The highest BCUT2D eigenvalue weighted by Crippen LogP contribution is 2.00. The zero-order valence-corrected chi connectivity index (χ0v) is 12.5. The maximum absolute atomic E-state index is 5.73. The lowest BCUT2D eigenvalue weighted by atomic mass is 10.1. The number of aliphatic imine (C=N–C) groups is 1. The van der Waals surface area contributed by atoms with Crippen LogP contribution in [-0.4, -0.2) is 21.3 Å². The maximum atomic E-state index is 5.73. The Morgan fingerprint density at radius 1 is 1.56 bits per heavy atom. The second kappa shape index (κ2) is 6.07. The molecule has 6 heteroatoms. The standard InChI is InChI=1S/C10H19N5.HI/c1-10(2,3)14-9(11)12-5-8-6-13-15(4)7-8;/h6-7H,5H2,1-4H3,(H3,11,12,14);1H. The fraction of sp³-hybridized carbons (Fsp3) is 0.600. The van der Waals surface area contributed by atoms with E-state index in [1.54, 1.807) is 10.9 Å². The summed E-state index contributed by atoms with van der Waals surface area (Å²) in [6.07, 6.45) is 3.71. The topological polar surface area (TPSA) is 68.2 Å². The highest BCUT2D eigenvalue weighted by atomic mass is 127. The van der Waals surface area contributed by atoms with Crippen LogP contribution >= 0.6 is 24.0 Å². The Kier molecular flexibility index (Phi) is 5.77. The van der Waals surface area contributed by atoms with Crippen molar-refractivity contribution in [2.24, 2.45) is 17.8 Å². The molecule has 0 aliphatic carbocycles. The van der Waals surface area contributed by atoms with Gasteiger partial charge in [-0.05, 0) is 20.8 Å². The van der Waals surface area contributed by atoms with Gasteiger partial charge in [-0.15, -0.1) is 24.0 Å². The number of hydrogen-bond donors (Lipinski definition) is 2. The van der Waals surface area contributed by atoms with Crippen LogP contribution in [0.4, 0.5) is 0 Å². The molecule has 3 N–H and O–H groups in total. The minimum Gasteiger partial charge on any atom is -0.370 e. The van der Waals surface area contributed by atoms with Crippen molar-refractivity contribution in [3.8, 4) is 0 Å². The van der Waals surface area contributed by atoms with Crippen LogP contribution in [0.25, 0.3) is 0 Å². The maximum Gasteiger partial charge on any atom is 0.189 e. The molecular formula is C10H20IN5. The summed E-state index contributed by atoms with van der Waals surface area (Å²) in [5.41, 5.74) is 6.73. The second-order valence-electron chi connectivity index (χ2n) is 4.60. The van der Waals surface area contributed by atoms with Gasteiger partial charge in [0.05, 0.1) is 12.7 Å². The van der Waals surface area contributed by atoms with E-state index in [-0.39, 0.29) is 29.5 Å². The van der Waals surface area contributed by atoms with E-state index < -0.39 is 0 Å². The Bertz CT molecular complexity index is 350. The van der Waals surface area contributed by atoms with Gasteiger partial charge in [-0.2, -0.15) is 5.10 Å². The third kappa shape index (κ3) is 5.94. The number of guanidine groups is 1. The molecular weight excluding hydrogens is 317 g/mol. The Labute approximate surface area is 114 Å². The first kappa shape index (κ1) is 15.2. The van der Waals surface area contributed by atoms with E-state index in [4.69, 9.17) is 5.73 Å². The molecule has 0 aliphatic heterocycles. The van der Waals surface area contributed by atoms with Gasteiger partial charge in [0.1, 0.15) is 0 Å². The first-order valence-electron chi connectivity index (χ1n) is 4.92. The Morgan fingerprint density at radius 3 is 2.62 bits per heavy atom. The molecule has 5 nitrogen and oxygen atoms in total. The molecule has 1 aromatic heterocycles. The van der Waals surface area contributed by atoms with E-state index in [0.29, 0.717) is 12.5 Å².